The molecular formula is C10H22INO. The van der Waals surface area contributed by atoms with Crippen LogP contribution in [-0.4, -0.2) is 21.3 Å². The van der Waals surface area contributed by atoms with Crippen molar-refractivity contribution in [2.24, 2.45) is 5.92 Å². The van der Waals surface area contributed by atoms with Gasteiger partial charge in [-0.3, -0.25) is 0 Å². The Balaban J connectivity index is 3.87. The van der Waals surface area contributed by atoms with Crippen LogP contribution in [0.3, 0.4) is 0 Å². The zero-order valence-corrected chi connectivity index (χ0v) is 11.2. The summed E-state index contributed by atoms with van der Waals surface area (Å²) in [6, 6.07) is 0.950. The molecule has 0 aliphatic heterocycles. The van der Waals surface area contributed by atoms with E-state index in [9.17, 15) is 5.11 Å². The fourth-order valence-corrected chi connectivity index (χ4v) is 2.12. The van der Waals surface area contributed by atoms with Gasteiger partial charge in [0.15, 0.2) is 0 Å². The first-order valence-corrected chi connectivity index (χ1v) is 6.24. The number of hydrogen-bond acceptors (Lipinski definition) is 2. The Labute approximate surface area is 95.6 Å². The van der Waals surface area contributed by atoms with Crippen molar-refractivity contribution in [1.29, 1.82) is 0 Å². The van der Waals surface area contributed by atoms with Gasteiger partial charge < -0.3 is 10.4 Å². The summed E-state index contributed by atoms with van der Waals surface area (Å²) in [6.45, 7) is 8.73. The van der Waals surface area contributed by atoms with Crippen LogP contribution < -0.4 is 5.32 Å². The maximum atomic E-state index is 9.30. The van der Waals surface area contributed by atoms with Gasteiger partial charge in [-0.05, 0) is 18.8 Å². The number of nitrogens with one attached hydrogen (secondary N) is 1. The van der Waals surface area contributed by atoms with E-state index in [4.69, 9.17) is 0 Å². The maximum Gasteiger partial charge on any atom is 0.106 e. The van der Waals surface area contributed by atoms with Crippen molar-refractivity contribution in [2.45, 2.75) is 56.7 Å². The van der Waals surface area contributed by atoms with Crippen molar-refractivity contribution >= 4 is 22.6 Å². The summed E-state index contributed by atoms with van der Waals surface area (Å²) >= 11 is 2.07. The van der Waals surface area contributed by atoms with Crippen molar-refractivity contribution in [3.8, 4) is 0 Å². The second-order valence-electron chi connectivity index (χ2n) is 4.32. The maximum absolute atomic E-state index is 9.30. The Hall–Kier alpha value is 0.650. The third-order valence-corrected chi connectivity index (χ3v) is 2.31. The van der Waals surface area contributed by atoms with Crippen molar-refractivity contribution in [3.63, 3.8) is 0 Å². The highest BCUT2D eigenvalue weighted by Crippen LogP contribution is 2.13. The van der Waals surface area contributed by atoms with Crippen molar-refractivity contribution < 1.29 is 5.11 Å². The van der Waals surface area contributed by atoms with Gasteiger partial charge in [0.05, 0.1) is 0 Å². The molecule has 0 aromatic carbocycles. The molecular weight excluding hydrogens is 277 g/mol. The van der Waals surface area contributed by atoms with E-state index in [-0.39, 0.29) is 4.11 Å². The van der Waals surface area contributed by atoms with Crippen molar-refractivity contribution in [3.05, 3.63) is 0 Å². The molecule has 0 amide bonds. The average Bonchev–Trinajstić information content (AvgIpc) is 1.80. The molecule has 3 heteroatoms. The minimum absolute atomic E-state index is 0.229. The molecule has 13 heavy (non-hydrogen) atoms. The van der Waals surface area contributed by atoms with E-state index >= 15 is 0 Å². The van der Waals surface area contributed by atoms with E-state index in [2.05, 4.69) is 55.6 Å². The molecule has 2 unspecified atom stereocenters. The van der Waals surface area contributed by atoms with Gasteiger partial charge in [0.1, 0.15) is 4.11 Å². The first kappa shape index (κ1) is 13.7. The standard InChI is InChI=1S/C10H22INO/c1-7(2)5-9(6-10(11)13)12-8(3)4/h7-10,12-13H,5-6H2,1-4H3. The highest BCUT2D eigenvalue weighted by Gasteiger charge is 2.14. The SMILES string of the molecule is CC(C)CC(CC(O)I)NC(C)C. The van der Waals surface area contributed by atoms with E-state index in [0.29, 0.717) is 18.0 Å². The van der Waals surface area contributed by atoms with Crippen LogP contribution in [0.4, 0.5) is 0 Å². The zero-order chi connectivity index (χ0) is 10.4. The Morgan fingerprint density at radius 2 is 1.69 bits per heavy atom. The fourth-order valence-electron chi connectivity index (χ4n) is 1.51. The van der Waals surface area contributed by atoms with Crippen LogP contribution in [0, 0.1) is 5.92 Å². The van der Waals surface area contributed by atoms with E-state index < -0.39 is 0 Å². The van der Waals surface area contributed by atoms with Gasteiger partial charge in [0, 0.05) is 12.1 Å². The summed E-state index contributed by atoms with van der Waals surface area (Å²) in [6.07, 6.45) is 1.98. The number of rotatable bonds is 6. The Morgan fingerprint density at radius 3 is 2.00 bits per heavy atom. The summed E-state index contributed by atoms with van der Waals surface area (Å²) in [5, 5.41) is 12.8. The number of hydrogen-bond donors (Lipinski definition) is 2. The fraction of sp³-hybridized carbons (Fsp3) is 1.00. The van der Waals surface area contributed by atoms with E-state index in [1.807, 2.05) is 0 Å². The molecule has 0 aliphatic carbocycles. The molecule has 2 atom stereocenters. The van der Waals surface area contributed by atoms with Crippen LogP contribution in [0.1, 0.15) is 40.5 Å². The molecule has 0 fully saturated rings. The minimum Gasteiger partial charge on any atom is -0.383 e. The van der Waals surface area contributed by atoms with Gasteiger partial charge >= 0.3 is 0 Å². The molecule has 0 saturated heterocycles. The minimum atomic E-state index is -0.229. The number of alkyl halides is 1. The second kappa shape index (κ2) is 7.01. The third-order valence-electron chi connectivity index (χ3n) is 1.80. The molecule has 0 spiro atoms. The van der Waals surface area contributed by atoms with Crippen molar-refractivity contribution in [2.75, 3.05) is 0 Å². The van der Waals surface area contributed by atoms with Gasteiger partial charge in [-0.15, -0.1) is 0 Å². The highest BCUT2D eigenvalue weighted by atomic mass is 127. The predicted molar refractivity (Wildman–Crippen MR) is 66.2 cm³/mol. The molecule has 0 saturated carbocycles. The topological polar surface area (TPSA) is 32.3 Å². The van der Waals surface area contributed by atoms with Crippen molar-refractivity contribution in [1.82, 2.24) is 5.32 Å². The molecule has 0 radical (unpaired) electrons. The molecule has 80 valence electrons. The molecule has 0 heterocycles. The zero-order valence-electron chi connectivity index (χ0n) is 9.05. The normalized spacial score (nSPS) is 16.6. The molecule has 2 nitrogen and oxygen atoms in total. The van der Waals surface area contributed by atoms with Crippen LogP contribution >= 0.6 is 22.6 Å². The first-order valence-electron chi connectivity index (χ1n) is 5.00. The average molecular weight is 299 g/mol. The first-order chi connectivity index (χ1) is 5.91. The van der Waals surface area contributed by atoms with Crippen LogP contribution in [0.5, 0.6) is 0 Å². The Kier molecular flexibility index (Phi) is 7.36. The summed E-state index contributed by atoms with van der Waals surface area (Å²) in [7, 11) is 0. The largest absolute Gasteiger partial charge is 0.383 e. The quantitative estimate of drug-likeness (QED) is 0.583. The number of aliphatic hydroxyl groups is 1. The summed E-state index contributed by atoms with van der Waals surface area (Å²) in [5.74, 6) is 0.686. The number of halogens is 1. The lowest BCUT2D eigenvalue weighted by Gasteiger charge is -2.23. The molecule has 0 rings (SSSR count). The number of aliphatic hydroxyl groups excluding tert-OH is 1. The van der Waals surface area contributed by atoms with Gasteiger partial charge in [-0.2, -0.15) is 0 Å². The summed E-state index contributed by atoms with van der Waals surface area (Å²) in [5.41, 5.74) is 0. The van der Waals surface area contributed by atoms with Gasteiger partial charge in [0.2, 0.25) is 0 Å². The molecule has 0 aliphatic rings. The monoisotopic (exact) mass is 299 g/mol. The summed E-state index contributed by atoms with van der Waals surface area (Å²) < 4.78 is -0.229. The lowest BCUT2D eigenvalue weighted by atomic mass is 10.0. The smallest absolute Gasteiger partial charge is 0.106 e. The summed E-state index contributed by atoms with van der Waals surface area (Å²) in [4.78, 5) is 0. The molecule has 0 bridgehead atoms. The molecule has 2 N–H and O–H groups in total. The molecule has 0 aromatic heterocycles. The predicted octanol–water partition coefficient (Wildman–Crippen LogP) is 2.54. The van der Waals surface area contributed by atoms with Gasteiger partial charge in [0.25, 0.3) is 0 Å². The Bertz CT molecular complexity index is 102. The van der Waals surface area contributed by atoms with E-state index in [1.165, 1.54) is 0 Å². The molecule has 0 aromatic rings. The lowest BCUT2D eigenvalue weighted by Crippen LogP contribution is -2.37. The van der Waals surface area contributed by atoms with Gasteiger partial charge in [-0.1, -0.05) is 50.3 Å². The van der Waals surface area contributed by atoms with Crippen LogP contribution in [0.2, 0.25) is 0 Å². The van der Waals surface area contributed by atoms with E-state index in [1.54, 1.807) is 0 Å². The van der Waals surface area contributed by atoms with Crippen LogP contribution in [0.15, 0.2) is 0 Å². The van der Waals surface area contributed by atoms with Gasteiger partial charge in [-0.25, -0.2) is 0 Å². The van der Waals surface area contributed by atoms with Crippen LogP contribution in [-0.2, 0) is 0 Å². The highest BCUT2D eigenvalue weighted by molar-refractivity contribution is 14.1. The third kappa shape index (κ3) is 8.97. The van der Waals surface area contributed by atoms with E-state index in [0.717, 1.165) is 12.8 Å². The van der Waals surface area contributed by atoms with Crippen LogP contribution in [0.25, 0.3) is 0 Å². The second-order valence-corrected chi connectivity index (χ2v) is 5.76. The lowest BCUT2D eigenvalue weighted by molar-refractivity contribution is 0.232. The Morgan fingerprint density at radius 1 is 1.15 bits per heavy atom.